The molecule has 1 aliphatic heterocycles. The molecule has 8 nitrogen and oxygen atoms in total. The van der Waals surface area contributed by atoms with Crippen LogP contribution in [0.4, 0.5) is 5.82 Å². The van der Waals surface area contributed by atoms with Crippen LogP contribution in [0.3, 0.4) is 0 Å². The van der Waals surface area contributed by atoms with Crippen LogP contribution in [-0.4, -0.2) is 47.5 Å². The summed E-state index contributed by atoms with van der Waals surface area (Å²) in [7, 11) is 1.91. The minimum Gasteiger partial charge on any atom is -0.385 e. The molecule has 1 aliphatic rings. The van der Waals surface area contributed by atoms with Crippen molar-refractivity contribution in [2.24, 2.45) is 13.0 Å². The Hall–Kier alpha value is -3.26. The topological polar surface area (TPSA) is 84.9 Å². The van der Waals surface area contributed by atoms with Crippen molar-refractivity contribution in [2.45, 2.75) is 18.9 Å². The highest BCUT2D eigenvalue weighted by Gasteiger charge is 2.30. The maximum Gasteiger partial charge on any atom is 0.168 e. The number of para-hydroxylation sites is 1. The van der Waals surface area contributed by atoms with E-state index in [0.29, 0.717) is 5.82 Å². The largest absolute Gasteiger partial charge is 0.385 e. The normalized spacial score (nSPS) is 18.3. The van der Waals surface area contributed by atoms with E-state index in [1.54, 1.807) is 12.5 Å². The molecule has 1 aromatic carbocycles. The van der Waals surface area contributed by atoms with Gasteiger partial charge in [-0.15, -0.1) is 0 Å². The van der Waals surface area contributed by atoms with E-state index in [1.807, 2.05) is 59.0 Å². The first-order valence-electron chi connectivity index (χ1n) is 9.87. The molecule has 0 saturated carbocycles. The highest BCUT2D eigenvalue weighted by atomic mass is 16.3. The number of anilines is 1. The van der Waals surface area contributed by atoms with Crippen LogP contribution in [-0.2, 0) is 7.05 Å². The lowest BCUT2D eigenvalue weighted by molar-refractivity contribution is 0.0874. The van der Waals surface area contributed by atoms with Crippen LogP contribution in [0.25, 0.3) is 16.7 Å². The van der Waals surface area contributed by atoms with Crippen molar-refractivity contribution in [3.8, 4) is 5.69 Å². The summed E-state index contributed by atoms with van der Waals surface area (Å²) in [5.74, 6) is 1.68. The lowest BCUT2D eigenvalue weighted by atomic mass is 9.92. The molecule has 1 saturated heterocycles. The first-order valence-corrected chi connectivity index (χ1v) is 9.87. The van der Waals surface area contributed by atoms with Crippen LogP contribution in [0.2, 0.25) is 0 Å². The fourth-order valence-electron chi connectivity index (χ4n) is 4.17. The number of hydrogen-bond donors (Lipinski definition) is 1. The van der Waals surface area contributed by atoms with Crippen LogP contribution in [0.15, 0.2) is 55.2 Å². The van der Waals surface area contributed by atoms with E-state index in [1.165, 1.54) is 0 Å². The molecule has 5 rings (SSSR count). The lowest BCUT2D eigenvalue weighted by Gasteiger charge is -2.35. The van der Waals surface area contributed by atoms with Gasteiger partial charge < -0.3 is 14.6 Å². The lowest BCUT2D eigenvalue weighted by Crippen LogP contribution is -2.39. The number of piperidine rings is 1. The number of fused-ring (bicyclic) bond motifs is 1. The molecular formula is C21H23N7O. The molecule has 29 heavy (non-hydrogen) atoms. The highest BCUT2D eigenvalue weighted by molar-refractivity contribution is 5.87. The van der Waals surface area contributed by atoms with Crippen molar-refractivity contribution < 1.29 is 5.11 Å². The van der Waals surface area contributed by atoms with Gasteiger partial charge in [0.25, 0.3) is 0 Å². The van der Waals surface area contributed by atoms with Crippen LogP contribution >= 0.6 is 0 Å². The van der Waals surface area contributed by atoms with Gasteiger partial charge in [-0.1, -0.05) is 18.2 Å². The second kappa shape index (κ2) is 7.29. The third-order valence-corrected chi connectivity index (χ3v) is 5.67. The molecule has 1 N–H and O–H groups in total. The summed E-state index contributed by atoms with van der Waals surface area (Å²) in [6.07, 6.45) is 8.37. The highest BCUT2D eigenvalue weighted by Crippen LogP contribution is 2.33. The second-order valence-electron chi connectivity index (χ2n) is 7.52. The van der Waals surface area contributed by atoms with Gasteiger partial charge in [0.1, 0.15) is 24.1 Å². The monoisotopic (exact) mass is 389 g/mol. The van der Waals surface area contributed by atoms with E-state index in [-0.39, 0.29) is 5.92 Å². The SMILES string of the molecule is Cn1ccnc1C(O)C1CCCN(c2ncnc3c2cnn3-c2ccccc2)C1. The third kappa shape index (κ3) is 3.15. The molecule has 148 valence electrons. The van der Waals surface area contributed by atoms with E-state index in [2.05, 4.69) is 25.0 Å². The first-order chi connectivity index (χ1) is 14.2. The van der Waals surface area contributed by atoms with Crippen molar-refractivity contribution in [1.29, 1.82) is 0 Å². The number of aliphatic hydroxyl groups excluding tert-OH is 1. The van der Waals surface area contributed by atoms with Gasteiger partial charge in [0.2, 0.25) is 0 Å². The Morgan fingerprint density at radius 1 is 1.14 bits per heavy atom. The van der Waals surface area contributed by atoms with Crippen molar-refractivity contribution in [2.75, 3.05) is 18.0 Å². The van der Waals surface area contributed by atoms with Gasteiger partial charge in [-0.25, -0.2) is 19.6 Å². The second-order valence-corrected chi connectivity index (χ2v) is 7.52. The third-order valence-electron chi connectivity index (χ3n) is 5.67. The van der Waals surface area contributed by atoms with Gasteiger partial charge in [-0.2, -0.15) is 5.10 Å². The number of hydrogen-bond acceptors (Lipinski definition) is 6. The molecule has 8 heteroatoms. The molecular weight excluding hydrogens is 366 g/mol. The number of imidazole rings is 1. The zero-order valence-electron chi connectivity index (χ0n) is 16.3. The summed E-state index contributed by atoms with van der Waals surface area (Å²) in [4.78, 5) is 15.6. The zero-order valence-corrected chi connectivity index (χ0v) is 16.3. The molecule has 0 spiro atoms. The molecule has 0 amide bonds. The van der Waals surface area contributed by atoms with E-state index < -0.39 is 6.10 Å². The van der Waals surface area contributed by atoms with Crippen LogP contribution in [0, 0.1) is 5.92 Å². The molecule has 2 atom stereocenters. The number of aromatic nitrogens is 6. The summed E-state index contributed by atoms with van der Waals surface area (Å²) in [6.45, 7) is 1.61. The summed E-state index contributed by atoms with van der Waals surface area (Å²) in [6, 6.07) is 9.97. The Kier molecular flexibility index (Phi) is 4.48. The van der Waals surface area contributed by atoms with Crippen molar-refractivity contribution in [3.63, 3.8) is 0 Å². The Bertz CT molecular complexity index is 1120. The average molecular weight is 389 g/mol. The standard InChI is InChI=1S/C21H23N7O/c1-26-11-9-22-21(26)18(29)15-6-5-10-27(13-15)19-17-12-25-28(20(17)24-14-23-19)16-7-3-2-4-8-16/h2-4,7-9,11-12,14-15,18,29H,5-6,10,13H2,1H3. The van der Waals surface area contributed by atoms with Crippen LogP contribution in [0.5, 0.6) is 0 Å². The smallest absolute Gasteiger partial charge is 0.168 e. The fourth-order valence-corrected chi connectivity index (χ4v) is 4.17. The number of rotatable bonds is 4. The van der Waals surface area contributed by atoms with Gasteiger partial charge in [0.15, 0.2) is 5.65 Å². The summed E-state index contributed by atoms with van der Waals surface area (Å²) in [5, 5.41) is 16.4. The van der Waals surface area contributed by atoms with Gasteiger partial charge in [-0.05, 0) is 25.0 Å². The molecule has 4 aromatic rings. The van der Waals surface area contributed by atoms with Crippen molar-refractivity contribution >= 4 is 16.9 Å². The Morgan fingerprint density at radius 2 is 2.00 bits per heavy atom. The fraction of sp³-hybridized carbons (Fsp3) is 0.333. The predicted octanol–water partition coefficient (Wildman–Crippen LogP) is 2.50. The van der Waals surface area contributed by atoms with Gasteiger partial charge in [0.05, 0.1) is 17.3 Å². The Morgan fingerprint density at radius 3 is 2.79 bits per heavy atom. The quantitative estimate of drug-likeness (QED) is 0.577. The summed E-state index contributed by atoms with van der Waals surface area (Å²) < 4.78 is 3.72. The van der Waals surface area contributed by atoms with E-state index >= 15 is 0 Å². The number of nitrogens with zero attached hydrogens (tertiary/aromatic N) is 7. The van der Waals surface area contributed by atoms with Crippen molar-refractivity contribution in [1.82, 2.24) is 29.3 Å². The van der Waals surface area contributed by atoms with E-state index in [0.717, 1.165) is 48.5 Å². The maximum atomic E-state index is 10.9. The molecule has 0 bridgehead atoms. The van der Waals surface area contributed by atoms with Gasteiger partial charge in [0, 0.05) is 38.4 Å². The predicted molar refractivity (Wildman–Crippen MR) is 110 cm³/mol. The molecule has 1 fully saturated rings. The van der Waals surface area contributed by atoms with E-state index in [9.17, 15) is 5.11 Å². The van der Waals surface area contributed by atoms with E-state index in [4.69, 9.17) is 0 Å². The van der Waals surface area contributed by atoms with Gasteiger partial charge in [-0.3, -0.25) is 0 Å². The Labute approximate surface area is 168 Å². The first kappa shape index (κ1) is 17.8. The zero-order chi connectivity index (χ0) is 19.8. The van der Waals surface area contributed by atoms with Crippen LogP contribution in [0.1, 0.15) is 24.8 Å². The van der Waals surface area contributed by atoms with Gasteiger partial charge >= 0.3 is 0 Å². The number of benzene rings is 1. The maximum absolute atomic E-state index is 10.9. The molecule has 4 heterocycles. The Balaban J connectivity index is 1.46. The summed E-state index contributed by atoms with van der Waals surface area (Å²) in [5.41, 5.74) is 1.75. The summed E-state index contributed by atoms with van der Waals surface area (Å²) >= 11 is 0. The molecule has 0 radical (unpaired) electrons. The van der Waals surface area contributed by atoms with Crippen molar-refractivity contribution in [3.05, 3.63) is 61.1 Å². The number of aliphatic hydroxyl groups is 1. The minimum atomic E-state index is -0.595. The molecule has 3 aromatic heterocycles. The molecule has 0 aliphatic carbocycles. The average Bonchev–Trinajstić information content (AvgIpc) is 3.40. The van der Waals surface area contributed by atoms with Crippen LogP contribution < -0.4 is 4.90 Å². The minimum absolute atomic E-state index is 0.0963. The molecule has 2 unspecified atom stereocenters. The number of aryl methyl sites for hydroxylation is 1.